The van der Waals surface area contributed by atoms with Crippen LogP contribution in [0.5, 0.6) is 5.75 Å². The number of ether oxygens (including phenoxy) is 1. The maximum atomic E-state index is 13.3. The topological polar surface area (TPSA) is 94.4 Å². The lowest BCUT2D eigenvalue weighted by Gasteiger charge is -2.33. The van der Waals surface area contributed by atoms with Crippen LogP contribution in [-0.4, -0.2) is 39.8 Å². The lowest BCUT2D eigenvalue weighted by atomic mass is 9.72. The molecule has 0 saturated carbocycles. The Labute approximate surface area is 201 Å². The quantitative estimate of drug-likeness (QED) is 0.532. The Morgan fingerprint density at radius 3 is 2.76 bits per heavy atom. The average Bonchev–Trinajstić information content (AvgIpc) is 3.17. The van der Waals surface area contributed by atoms with Crippen LogP contribution in [0.1, 0.15) is 54.9 Å². The minimum atomic E-state index is -0.574. The van der Waals surface area contributed by atoms with Crippen LogP contribution in [0.25, 0.3) is 10.2 Å². The SMILES string of the molecule is CC1Oc2ccc(C(=O)Cn3nnc4sc5c(c4c3=O)CCC(C(C)(C)C)C5)cc2N(C)C1=O. The third-order valence-electron chi connectivity index (χ3n) is 7.08. The summed E-state index contributed by atoms with van der Waals surface area (Å²) in [6, 6.07) is 4.95. The second kappa shape index (κ2) is 8.01. The highest BCUT2D eigenvalue weighted by molar-refractivity contribution is 7.18. The number of Topliss-reactive ketones (excluding diaryl/α,β-unsaturated/α-hetero) is 1. The number of aryl methyl sites for hydroxylation is 1. The summed E-state index contributed by atoms with van der Waals surface area (Å²) in [5, 5.41) is 8.95. The van der Waals surface area contributed by atoms with Crippen molar-refractivity contribution in [1.82, 2.24) is 15.0 Å². The summed E-state index contributed by atoms with van der Waals surface area (Å²) in [4.78, 5) is 42.0. The summed E-state index contributed by atoms with van der Waals surface area (Å²) in [6.07, 6.45) is 2.25. The van der Waals surface area contributed by atoms with Crippen LogP contribution < -0.4 is 15.2 Å². The van der Waals surface area contributed by atoms with Crippen molar-refractivity contribution in [3.8, 4) is 5.75 Å². The average molecular weight is 481 g/mol. The number of nitrogens with zero attached hydrogens (tertiary/aromatic N) is 4. The van der Waals surface area contributed by atoms with E-state index < -0.39 is 6.10 Å². The van der Waals surface area contributed by atoms with E-state index in [0.717, 1.165) is 29.5 Å². The molecular weight excluding hydrogens is 452 g/mol. The van der Waals surface area contributed by atoms with Gasteiger partial charge in [0.25, 0.3) is 11.5 Å². The Balaban J connectivity index is 1.44. The molecular formula is C25H28N4O4S. The second-order valence-electron chi connectivity index (χ2n) is 10.3. The van der Waals surface area contributed by atoms with Gasteiger partial charge < -0.3 is 9.64 Å². The number of ketones is 1. The van der Waals surface area contributed by atoms with Gasteiger partial charge in [0.05, 0.1) is 11.1 Å². The minimum Gasteiger partial charge on any atom is -0.479 e. The van der Waals surface area contributed by atoms with Crippen molar-refractivity contribution in [2.45, 2.75) is 59.6 Å². The molecule has 2 unspecified atom stereocenters. The van der Waals surface area contributed by atoms with Crippen molar-refractivity contribution < 1.29 is 14.3 Å². The number of fused-ring (bicyclic) bond motifs is 4. The van der Waals surface area contributed by atoms with Crippen molar-refractivity contribution in [2.24, 2.45) is 11.3 Å². The third-order valence-corrected chi connectivity index (χ3v) is 8.22. The first kappa shape index (κ1) is 22.7. The van der Waals surface area contributed by atoms with E-state index in [0.29, 0.717) is 33.1 Å². The number of amides is 1. The molecule has 3 heterocycles. The van der Waals surface area contributed by atoms with E-state index in [-0.39, 0.29) is 29.2 Å². The summed E-state index contributed by atoms with van der Waals surface area (Å²) in [6.45, 7) is 8.25. The fourth-order valence-electron chi connectivity index (χ4n) is 4.88. The van der Waals surface area contributed by atoms with Crippen LogP contribution in [0, 0.1) is 11.3 Å². The lowest BCUT2D eigenvalue weighted by molar-refractivity contribution is -0.125. The summed E-state index contributed by atoms with van der Waals surface area (Å²) < 4.78 is 6.78. The summed E-state index contributed by atoms with van der Waals surface area (Å²) in [5.74, 6) is 0.643. The molecule has 34 heavy (non-hydrogen) atoms. The predicted molar refractivity (Wildman–Crippen MR) is 131 cm³/mol. The number of carbonyl (C=O) groups excluding carboxylic acids is 2. The number of hydrogen-bond acceptors (Lipinski definition) is 7. The molecule has 8 nitrogen and oxygen atoms in total. The molecule has 2 aromatic heterocycles. The third kappa shape index (κ3) is 3.72. The number of thiophene rings is 1. The fraction of sp³-hybridized carbons (Fsp3) is 0.480. The normalized spacial score (nSPS) is 20.1. The van der Waals surface area contributed by atoms with E-state index in [4.69, 9.17) is 4.74 Å². The molecule has 0 N–H and O–H groups in total. The predicted octanol–water partition coefficient (Wildman–Crippen LogP) is 3.63. The molecule has 1 aliphatic heterocycles. The molecule has 5 rings (SSSR count). The van der Waals surface area contributed by atoms with Crippen molar-refractivity contribution >= 4 is 38.9 Å². The van der Waals surface area contributed by atoms with Gasteiger partial charge in [-0.1, -0.05) is 26.0 Å². The zero-order chi connectivity index (χ0) is 24.4. The molecule has 1 aliphatic carbocycles. The first-order valence-electron chi connectivity index (χ1n) is 11.5. The molecule has 0 bridgehead atoms. The Bertz CT molecular complexity index is 1380. The smallest absolute Gasteiger partial charge is 0.279 e. The van der Waals surface area contributed by atoms with Crippen LogP contribution in [-0.2, 0) is 24.2 Å². The van der Waals surface area contributed by atoms with Gasteiger partial charge in [0, 0.05) is 17.5 Å². The minimum absolute atomic E-state index is 0.180. The fourth-order valence-corrected chi connectivity index (χ4v) is 6.12. The monoisotopic (exact) mass is 480 g/mol. The largest absolute Gasteiger partial charge is 0.479 e. The first-order valence-corrected chi connectivity index (χ1v) is 12.4. The number of rotatable bonds is 3. The van der Waals surface area contributed by atoms with Gasteiger partial charge in [0.15, 0.2) is 16.7 Å². The molecule has 178 valence electrons. The molecule has 2 atom stereocenters. The van der Waals surface area contributed by atoms with Crippen molar-refractivity contribution in [2.75, 3.05) is 11.9 Å². The number of aromatic nitrogens is 3. The molecule has 1 amide bonds. The molecule has 0 radical (unpaired) electrons. The zero-order valence-electron chi connectivity index (χ0n) is 20.0. The molecule has 0 spiro atoms. The van der Waals surface area contributed by atoms with Crippen LogP contribution in [0.4, 0.5) is 5.69 Å². The zero-order valence-corrected chi connectivity index (χ0v) is 20.9. The summed E-state index contributed by atoms with van der Waals surface area (Å²) in [7, 11) is 1.66. The maximum absolute atomic E-state index is 13.3. The molecule has 0 fully saturated rings. The Kier molecular flexibility index (Phi) is 5.35. The Morgan fingerprint density at radius 2 is 2.03 bits per heavy atom. The van der Waals surface area contributed by atoms with Crippen molar-refractivity contribution in [1.29, 1.82) is 0 Å². The van der Waals surface area contributed by atoms with E-state index in [1.165, 1.54) is 9.78 Å². The maximum Gasteiger partial charge on any atom is 0.279 e. The van der Waals surface area contributed by atoms with Gasteiger partial charge >= 0.3 is 0 Å². The van der Waals surface area contributed by atoms with Crippen LogP contribution in [0.2, 0.25) is 0 Å². The molecule has 2 aliphatic rings. The van der Waals surface area contributed by atoms with Gasteiger partial charge in [-0.2, -0.15) is 0 Å². The number of hydrogen-bond donors (Lipinski definition) is 0. The standard InChI is InChI=1S/C25H28N4O4S/c1-13-23(31)28(5)17-10-14(6-9-19(17)33-13)18(30)12-29-24(32)21-16-8-7-15(25(2,3)4)11-20(16)34-22(21)26-27-29/h6,9-10,13,15H,7-8,11-12H2,1-5H3. The van der Waals surface area contributed by atoms with Crippen molar-refractivity contribution in [3.63, 3.8) is 0 Å². The Hall–Kier alpha value is -3.07. The van der Waals surface area contributed by atoms with Gasteiger partial charge in [-0.15, -0.1) is 16.4 Å². The van der Waals surface area contributed by atoms with Gasteiger partial charge in [-0.05, 0) is 61.3 Å². The lowest BCUT2D eigenvalue weighted by Crippen LogP contribution is -2.42. The summed E-state index contributed by atoms with van der Waals surface area (Å²) in [5.41, 5.74) is 1.92. The van der Waals surface area contributed by atoms with E-state index in [1.54, 1.807) is 43.5 Å². The van der Waals surface area contributed by atoms with E-state index in [9.17, 15) is 14.4 Å². The molecule has 0 saturated heterocycles. The van der Waals surface area contributed by atoms with Crippen LogP contribution in [0.3, 0.4) is 0 Å². The van der Waals surface area contributed by atoms with E-state index in [2.05, 4.69) is 31.1 Å². The van der Waals surface area contributed by atoms with Gasteiger partial charge in [-0.3, -0.25) is 14.4 Å². The highest BCUT2D eigenvalue weighted by Crippen LogP contribution is 2.42. The van der Waals surface area contributed by atoms with Gasteiger partial charge in [-0.25, -0.2) is 4.68 Å². The summed E-state index contributed by atoms with van der Waals surface area (Å²) >= 11 is 1.55. The second-order valence-corrected chi connectivity index (χ2v) is 11.4. The van der Waals surface area contributed by atoms with Crippen molar-refractivity contribution in [3.05, 3.63) is 44.6 Å². The van der Waals surface area contributed by atoms with Crippen LogP contribution >= 0.6 is 11.3 Å². The van der Waals surface area contributed by atoms with Crippen LogP contribution in [0.15, 0.2) is 23.0 Å². The number of likely N-dealkylation sites (N-methyl/N-ethyl adjacent to an activating group) is 1. The van der Waals surface area contributed by atoms with Gasteiger partial charge in [0.1, 0.15) is 12.3 Å². The van der Waals surface area contributed by atoms with E-state index in [1.807, 2.05) is 0 Å². The highest BCUT2D eigenvalue weighted by atomic mass is 32.1. The molecule has 9 heteroatoms. The number of benzene rings is 1. The van der Waals surface area contributed by atoms with Gasteiger partial charge in [0.2, 0.25) is 0 Å². The number of carbonyl (C=O) groups is 2. The molecule has 1 aromatic carbocycles. The van der Waals surface area contributed by atoms with E-state index >= 15 is 0 Å². The molecule has 3 aromatic rings. The Morgan fingerprint density at radius 1 is 1.26 bits per heavy atom. The number of anilines is 1. The highest BCUT2D eigenvalue weighted by Gasteiger charge is 2.32. The first-order chi connectivity index (χ1) is 16.0.